The van der Waals surface area contributed by atoms with E-state index < -0.39 is 27.9 Å². The maximum absolute atomic E-state index is 13.3. The molecule has 1 saturated heterocycles. The number of morpholine rings is 1. The first-order chi connectivity index (χ1) is 13.7. The van der Waals surface area contributed by atoms with Crippen molar-refractivity contribution in [3.63, 3.8) is 0 Å². The number of carbonyl (C=O) groups is 2. The maximum Gasteiger partial charge on any atom is 0.325 e. The van der Waals surface area contributed by atoms with Crippen molar-refractivity contribution < 1.29 is 32.2 Å². The largest absolute Gasteiger partial charge is 0.489 e. The number of carbonyl (C=O) groups excluding carboxylic acids is 2. The molecule has 3 rings (SSSR count). The first-order valence-electron chi connectivity index (χ1n) is 9.26. The van der Waals surface area contributed by atoms with Crippen molar-refractivity contribution in [2.45, 2.75) is 37.3 Å². The van der Waals surface area contributed by atoms with Crippen LogP contribution in [0.15, 0.2) is 17.0 Å². The molecule has 2 aliphatic heterocycles. The Balaban J connectivity index is 1.83. The summed E-state index contributed by atoms with van der Waals surface area (Å²) in [7, 11) is -4.03. The highest BCUT2D eigenvalue weighted by Gasteiger charge is 2.39. The molecule has 2 heterocycles. The molecule has 1 amide bonds. The molecule has 29 heavy (non-hydrogen) atoms. The van der Waals surface area contributed by atoms with Crippen molar-refractivity contribution in [2.24, 2.45) is 0 Å². The molecular formula is C18H23ClN2O7S. The minimum absolute atomic E-state index is 0.00142. The molecular weight excluding hydrogens is 424 g/mol. The van der Waals surface area contributed by atoms with Gasteiger partial charge in [0.15, 0.2) is 0 Å². The molecule has 2 aliphatic rings. The normalized spacial score (nSPS) is 21.9. The third kappa shape index (κ3) is 4.66. The van der Waals surface area contributed by atoms with Crippen molar-refractivity contribution in [3.05, 3.63) is 22.7 Å². The van der Waals surface area contributed by atoms with E-state index in [-0.39, 0.29) is 48.9 Å². The van der Waals surface area contributed by atoms with Crippen LogP contribution in [0.2, 0.25) is 5.02 Å². The van der Waals surface area contributed by atoms with Crippen molar-refractivity contribution in [1.29, 1.82) is 0 Å². The number of nitrogens with one attached hydrogen (secondary N) is 1. The van der Waals surface area contributed by atoms with E-state index in [2.05, 4.69) is 5.32 Å². The topological polar surface area (TPSA) is 111 Å². The molecule has 2 atom stereocenters. The molecule has 9 nitrogen and oxygen atoms in total. The molecule has 0 aliphatic carbocycles. The zero-order valence-corrected chi connectivity index (χ0v) is 17.7. The summed E-state index contributed by atoms with van der Waals surface area (Å²) in [5.41, 5.74) is 0.708. The lowest BCUT2D eigenvalue weighted by Crippen LogP contribution is -2.56. The highest BCUT2D eigenvalue weighted by atomic mass is 35.5. The van der Waals surface area contributed by atoms with Gasteiger partial charge in [0, 0.05) is 18.5 Å². The minimum atomic E-state index is -4.03. The van der Waals surface area contributed by atoms with Crippen molar-refractivity contribution in [2.75, 3.05) is 32.9 Å². The Bertz CT molecular complexity index is 906. The fraction of sp³-hybridized carbons (Fsp3) is 0.556. The average molecular weight is 447 g/mol. The molecule has 0 aromatic heterocycles. The van der Waals surface area contributed by atoms with Crippen LogP contribution in [0.1, 0.15) is 19.4 Å². The van der Waals surface area contributed by atoms with Crippen LogP contribution in [-0.2, 0) is 35.5 Å². The number of nitrogens with zero attached hydrogens (tertiary/aromatic N) is 1. The summed E-state index contributed by atoms with van der Waals surface area (Å²) in [6.45, 7) is 3.39. The van der Waals surface area contributed by atoms with Gasteiger partial charge >= 0.3 is 5.97 Å². The quantitative estimate of drug-likeness (QED) is 0.641. The summed E-state index contributed by atoms with van der Waals surface area (Å²) in [6.07, 6.45) is 0.454. The van der Waals surface area contributed by atoms with Crippen LogP contribution < -0.4 is 10.1 Å². The number of hydrogen-bond donors (Lipinski definition) is 1. The number of rotatable bonds is 6. The predicted molar refractivity (Wildman–Crippen MR) is 103 cm³/mol. The summed E-state index contributed by atoms with van der Waals surface area (Å²) >= 11 is 6.23. The van der Waals surface area contributed by atoms with Crippen LogP contribution in [0.3, 0.4) is 0 Å². The number of esters is 1. The molecule has 1 aromatic rings. The second-order valence-electron chi connectivity index (χ2n) is 6.76. The monoisotopic (exact) mass is 446 g/mol. The fourth-order valence-corrected chi connectivity index (χ4v) is 5.30. The predicted octanol–water partition coefficient (Wildman–Crippen LogP) is 0.732. The van der Waals surface area contributed by atoms with Gasteiger partial charge in [0.2, 0.25) is 15.9 Å². The van der Waals surface area contributed by atoms with E-state index in [9.17, 15) is 18.0 Å². The third-order valence-electron chi connectivity index (χ3n) is 4.62. The zero-order chi connectivity index (χ0) is 21.2. The smallest absolute Gasteiger partial charge is 0.325 e. The van der Waals surface area contributed by atoms with Gasteiger partial charge in [-0.25, -0.2) is 8.42 Å². The van der Waals surface area contributed by atoms with Gasteiger partial charge in [-0.2, -0.15) is 4.31 Å². The van der Waals surface area contributed by atoms with Crippen LogP contribution in [-0.4, -0.2) is 69.7 Å². The Morgan fingerprint density at radius 2 is 2.14 bits per heavy atom. The fourth-order valence-electron chi connectivity index (χ4n) is 3.31. The number of sulfonamides is 1. The van der Waals surface area contributed by atoms with Crippen molar-refractivity contribution in [3.8, 4) is 5.75 Å². The van der Waals surface area contributed by atoms with E-state index in [1.165, 1.54) is 12.1 Å². The van der Waals surface area contributed by atoms with Gasteiger partial charge in [0.05, 0.1) is 29.7 Å². The van der Waals surface area contributed by atoms with Crippen molar-refractivity contribution >= 4 is 33.5 Å². The summed E-state index contributed by atoms with van der Waals surface area (Å²) in [6, 6.07) is 1.75. The van der Waals surface area contributed by atoms with Gasteiger partial charge < -0.3 is 19.5 Å². The molecule has 1 N–H and O–H groups in total. The molecule has 1 fully saturated rings. The van der Waals surface area contributed by atoms with Crippen molar-refractivity contribution in [1.82, 2.24) is 9.62 Å². The number of hydrogen-bond acceptors (Lipinski definition) is 7. The van der Waals surface area contributed by atoms with Gasteiger partial charge in [-0.15, -0.1) is 0 Å². The summed E-state index contributed by atoms with van der Waals surface area (Å²) < 4.78 is 43.3. The van der Waals surface area contributed by atoms with Gasteiger partial charge in [-0.3, -0.25) is 9.59 Å². The van der Waals surface area contributed by atoms with E-state index in [0.717, 1.165) is 4.31 Å². The lowest BCUT2D eigenvalue weighted by molar-refractivity contribution is -0.144. The number of ether oxygens (including phenoxy) is 3. The lowest BCUT2D eigenvalue weighted by Gasteiger charge is -2.33. The van der Waals surface area contributed by atoms with Crippen LogP contribution in [0, 0.1) is 0 Å². The Morgan fingerprint density at radius 1 is 1.38 bits per heavy atom. The minimum Gasteiger partial charge on any atom is -0.489 e. The van der Waals surface area contributed by atoms with Gasteiger partial charge in [0.25, 0.3) is 0 Å². The second-order valence-corrected chi connectivity index (χ2v) is 9.05. The van der Waals surface area contributed by atoms with Gasteiger partial charge in [-0.05, 0) is 26.0 Å². The maximum atomic E-state index is 13.3. The second kappa shape index (κ2) is 8.86. The van der Waals surface area contributed by atoms with E-state index in [1.807, 2.05) is 6.92 Å². The number of amides is 1. The standard InChI is InChI=1S/C18H23ClN2O7S/c1-3-27-16(22)9-20-18(23)15-10-26-5-4-21(15)29(24,25)13-7-12-6-11(2)28-17(12)14(19)8-13/h7-8,11,15H,3-6,9-10H2,1-2H3,(H,20,23)/t11-,15-/m1/s1. The first kappa shape index (κ1) is 21.8. The van der Waals surface area contributed by atoms with Gasteiger partial charge in [-0.1, -0.05) is 11.6 Å². The summed E-state index contributed by atoms with van der Waals surface area (Å²) in [4.78, 5) is 24.0. The first-order valence-corrected chi connectivity index (χ1v) is 11.1. The molecule has 0 radical (unpaired) electrons. The van der Waals surface area contributed by atoms with Crippen LogP contribution in [0.5, 0.6) is 5.75 Å². The molecule has 1 aromatic carbocycles. The van der Waals surface area contributed by atoms with E-state index in [1.54, 1.807) is 6.92 Å². The average Bonchev–Trinajstić information content (AvgIpc) is 3.07. The van der Waals surface area contributed by atoms with E-state index >= 15 is 0 Å². The Morgan fingerprint density at radius 3 is 2.86 bits per heavy atom. The molecule has 0 spiro atoms. The Kier molecular flexibility index (Phi) is 6.67. The van der Waals surface area contributed by atoms with Crippen LogP contribution in [0.4, 0.5) is 0 Å². The number of fused-ring (bicyclic) bond motifs is 1. The zero-order valence-electron chi connectivity index (χ0n) is 16.1. The van der Waals surface area contributed by atoms with Gasteiger partial charge in [0.1, 0.15) is 24.4 Å². The van der Waals surface area contributed by atoms with E-state index in [0.29, 0.717) is 17.7 Å². The summed E-state index contributed by atoms with van der Waals surface area (Å²) in [5.74, 6) is -0.749. The number of halogens is 1. The Labute approximate surface area is 174 Å². The lowest BCUT2D eigenvalue weighted by atomic mass is 10.1. The number of benzene rings is 1. The molecule has 0 unspecified atom stereocenters. The third-order valence-corrected chi connectivity index (χ3v) is 6.79. The Hall–Kier alpha value is -1.88. The molecule has 0 saturated carbocycles. The summed E-state index contributed by atoms with van der Waals surface area (Å²) in [5, 5.41) is 2.61. The molecule has 160 valence electrons. The molecule has 0 bridgehead atoms. The highest BCUT2D eigenvalue weighted by molar-refractivity contribution is 7.89. The van der Waals surface area contributed by atoms with E-state index in [4.69, 9.17) is 25.8 Å². The van der Waals surface area contributed by atoms with Crippen LogP contribution in [0.25, 0.3) is 0 Å². The van der Waals surface area contributed by atoms with Crippen LogP contribution >= 0.6 is 11.6 Å². The highest BCUT2D eigenvalue weighted by Crippen LogP contribution is 2.38. The SMILES string of the molecule is CCOC(=O)CNC(=O)[C@H]1COCCN1S(=O)(=O)c1cc(Cl)c2c(c1)C[C@@H](C)O2. The molecule has 11 heteroatoms.